The third-order valence-electron chi connectivity index (χ3n) is 2.21. The van der Waals surface area contributed by atoms with E-state index < -0.39 is 0 Å². The summed E-state index contributed by atoms with van der Waals surface area (Å²) in [4.78, 5) is 12.9. The lowest BCUT2D eigenvalue weighted by atomic mass is 10.3. The summed E-state index contributed by atoms with van der Waals surface area (Å²) in [5, 5.41) is 0. The molecule has 2 rings (SSSR count). The van der Waals surface area contributed by atoms with Crippen molar-refractivity contribution in [2.24, 2.45) is 0 Å². The number of cyclic esters (lactones) is 1. The van der Waals surface area contributed by atoms with Gasteiger partial charge in [-0.3, -0.25) is 4.90 Å². The van der Waals surface area contributed by atoms with Crippen LogP contribution in [0.25, 0.3) is 0 Å². The van der Waals surface area contributed by atoms with Crippen LogP contribution in [0.5, 0.6) is 5.75 Å². The summed E-state index contributed by atoms with van der Waals surface area (Å²) in [5.74, 6) is 0.812. The molecule has 0 atom stereocenters. The first-order valence-corrected chi connectivity index (χ1v) is 5.58. The van der Waals surface area contributed by atoms with E-state index in [1.54, 1.807) is 12.0 Å². The predicted octanol–water partition coefficient (Wildman–Crippen LogP) is 2.26. The number of anilines is 1. The van der Waals surface area contributed by atoms with Gasteiger partial charge in [-0.2, -0.15) is 0 Å². The zero-order valence-electron chi connectivity index (χ0n) is 8.20. The molecule has 1 aliphatic rings. The first kappa shape index (κ1) is 10.5. The standard InChI is InChI=1S/C10H10INO3/c1-14-9-3-2-7(6-8(9)11)12-4-5-15-10(12)13/h2-3,6H,4-5H2,1H3. The Labute approximate surface area is 101 Å². The van der Waals surface area contributed by atoms with Gasteiger partial charge in [-0.15, -0.1) is 0 Å². The Morgan fingerprint density at radius 3 is 2.87 bits per heavy atom. The fourth-order valence-corrected chi connectivity index (χ4v) is 2.17. The molecule has 1 amide bonds. The maximum atomic E-state index is 11.3. The molecule has 0 bridgehead atoms. The quantitative estimate of drug-likeness (QED) is 0.785. The van der Waals surface area contributed by atoms with Crippen LogP contribution in [0, 0.1) is 3.57 Å². The molecule has 0 radical (unpaired) electrons. The van der Waals surface area contributed by atoms with Gasteiger partial charge in [0.05, 0.1) is 17.2 Å². The van der Waals surface area contributed by atoms with Gasteiger partial charge in [0.15, 0.2) is 0 Å². The van der Waals surface area contributed by atoms with Crippen molar-refractivity contribution in [2.45, 2.75) is 0 Å². The second kappa shape index (κ2) is 4.26. The molecular weight excluding hydrogens is 309 g/mol. The third kappa shape index (κ3) is 2.01. The zero-order chi connectivity index (χ0) is 10.8. The minimum absolute atomic E-state index is 0.282. The van der Waals surface area contributed by atoms with E-state index in [1.165, 1.54) is 0 Å². The number of halogens is 1. The first-order valence-electron chi connectivity index (χ1n) is 4.50. The largest absolute Gasteiger partial charge is 0.496 e. The van der Waals surface area contributed by atoms with E-state index in [2.05, 4.69) is 22.6 Å². The highest BCUT2D eigenvalue weighted by Crippen LogP contribution is 2.27. The Balaban J connectivity index is 2.29. The predicted molar refractivity (Wildman–Crippen MR) is 64.4 cm³/mol. The van der Waals surface area contributed by atoms with Crippen LogP contribution in [0.15, 0.2) is 18.2 Å². The maximum absolute atomic E-state index is 11.3. The van der Waals surface area contributed by atoms with Crippen LogP contribution >= 0.6 is 22.6 Å². The van der Waals surface area contributed by atoms with Crippen molar-refractivity contribution >= 4 is 34.4 Å². The van der Waals surface area contributed by atoms with Gasteiger partial charge in [-0.25, -0.2) is 4.79 Å². The van der Waals surface area contributed by atoms with Crippen LogP contribution in [0.3, 0.4) is 0 Å². The lowest BCUT2D eigenvalue weighted by Gasteiger charge is -2.13. The molecule has 1 aromatic rings. The van der Waals surface area contributed by atoms with Gasteiger partial charge in [-0.1, -0.05) is 0 Å². The van der Waals surface area contributed by atoms with Crippen molar-refractivity contribution in [1.29, 1.82) is 0 Å². The smallest absolute Gasteiger partial charge is 0.414 e. The molecule has 0 spiro atoms. The van der Waals surface area contributed by atoms with E-state index in [0.29, 0.717) is 13.2 Å². The summed E-state index contributed by atoms with van der Waals surface area (Å²) in [6.07, 6.45) is -0.282. The Morgan fingerprint density at radius 2 is 2.33 bits per heavy atom. The molecule has 0 aliphatic carbocycles. The van der Waals surface area contributed by atoms with E-state index in [1.807, 2.05) is 18.2 Å². The molecule has 1 aliphatic heterocycles. The molecule has 80 valence electrons. The van der Waals surface area contributed by atoms with Gasteiger partial charge < -0.3 is 9.47 Å². The van der Waals surface area contributed by atoms with Crippen LogP contribution in [-0.4, -0.2) is 26.4 Å². The van der Waals surface area contributed by atoms with Crippen LogP contribution in [0.4, 0.5) is 10.5 Å². The highest BCUT2D eigenvalue weighted by Gasteiger charge is 2.23. The minimum Gasteiger partial charge on any atom is -0.496 e. The van der Waals surface area contributed by atoms with Crippen LogP contribution in [0.2, 0.25) is 0 Å². The number of ether oxygens (including phenoxy) is 2. The van der Waals surface area contributed by atoms with Crippen LogP contribution < -0.4 is 9.64 Å². The number of rotatable bonds is 2. The molecule has 5 heteroatoms. The average Bonchev–Trinajstić information content (AvgIpc) is 2.64. The van der Waals surface area contributed by atoms with Crippen molar-refractivity contribution in [3.8, 4) is 5.75 Å². The summed E-state index contributed by atoms with van der Waals surface area (Å²) in [7, 11) is 1.63. The lowest BCUT2D eigenvalue weighted by Crippen LogP contribution is -2.23. The number of benzene rings is 1. The van der Waals surface area contributed by atoms with Crippen molar-refractivity contribution in [3.63, 3.8) is 0 Å². The van der Waals surface area contributed by atoms with E-state index in [4.69, 9.17) is 9.47 Å². The second-order valence-corrected chi connectivity index (χ2v) is 4.25. The molecule has 0 saturated carbocycles. The first-order chi connectivity index (χ1) is 7.22. The fraction of sp³-hybridized carbons (Fsp3) is 0.300. The third-order valence-corrected chi connectivity index (χ3v) is 3.05. The minimum atomic E-state index is -0.282. The highest BCUT2D eigenvalue weighted by atomic mass is 127. The summed E-state index contributed by atoms with van der Waals surface area (Å²) < 4.78 is 11.0. The molecule has 0 unspecified atom stereocenters. The Morgan fingerprint density at radius 1 is 1.53 bits per heavy atom. The monoisotopic (exact) mass is 319 g/mol. The molecular formula is C10H10INO3. The number of amides is 1. The van der Waals surface area contributed by atoms with E-state index in [9.17, 15) is 4.79 Å². The molecule has 0 N–H and O–H groups in total. The summed E-state index contributed by atoms with van der Waals surface area (Å²) in [6, 6.07) is 5.61. The summed E-state index contributed by atoms with van der Waals surface area (Å²) in [5.41, 5.74) is 0.850. The SMILES string of the molecule is COc1ccc(N2CCOC2=O)cc1I. The van der Waals surface area contributed by atoms with Gasteiger partial charge in [0.2, 0.25) is 0 Å². The molecule has 1 heterocycles. The average molecular weight is 319 g/mol. The van der Waals surface area contributed by atoms with Gasteiger partial charge >= 0.3 is 6.09 Å². The zero-order valence-corrected chi connectivity index (χ0v) is 10.4. The number of methoxy groups -OCH3 is 1. The van der Waals surface area contributed by atoms with Crippen LogP contribution in [-0.2, 0) is 4.74 Å². The number of carbonyl (C=O) groups excluding carboxylic acids is 1. The van der Waals surface area contributed by atoms with Crippen molar-refractivity contribution in [3.05, 3.63) is 21.8 Å². The van der Waals surface area contributed by atoms with Crippen molar-refractivity contribution < 1.29 is 14.3 Å². The van der Waals surface area contributed by atoms with E-state index >= 15 is 0 Å². The van der Waals surface area contributed by atoms with Gasteiger partial charge in [-0.05, 0) is 40.8 Å². The molecule has 15 heavy (non-hydrogen) atoms. The lowest BCUT2D eigenvalue weighted by molar-refractivity contribution is 0.181. The molecule has 4 nitrogen and oxygen atoms in total. The maximum Gasteiger partial charge on any atom is 0.414 e. The Hall–Kier alpha value is -0.980. The number of nitrogens with zero attached hydrogens (tertiary/aromatic N) is 1. The molecule has 1 fully saturated rings. The fourth-order valence-electron chi connectivity index (χ4n) is 1.45. The number of hydrogen-bond donors (Lipinski definition) is 0. The number of carbonyl (C=O) groups is 1. The topological polar surface area (TPSA) is 38.8 Å². The van der Waals surface area contributed by atoms with Gasteiger partial charge in [0.1, 0.15) is 12.4 Å². The van der Waals surface area contributed by atoms with Gasteiger partial charge in [0, 0.05) is 5.69 Å². The molecule has 1 saturated heterocycles. The van der Waals surface area contributed by atoms with Gasteiger partial charge in [0.25, 0.3) is 0 Å². The highest BCUT2D eigenvalue weighted by molar-refractivity contribution is 14.1. The second-order valence-electron chi connectivity index (χ2n) is 3.08. The van der Waals surface area contributed by atoms with E-state index in [-0.39, 0.29) is 6.09 Å². The molecule has 0 aromatic heterocycles. The van der Waals surface area contributed by atoms with Crippen molar-refractivity contribution in [1.82, 2.24) is 0 Å². The van der Waals surface area contributed by atoms with E-state index in [0.717, 1.165) is 15.0 Å². The molecule has 1 aromatic carbocycles. The van der Waals surface area contributed by atoms with Crippen molar-refractivity contribution in [2.75, 3.05) is 25.2 Å². The summed E-state index contributed by atoms with van der Waals surface area (Å²) >= 11 is 2.18. The normalized spacial score (nSPS) is 15.3. The Bertz CT molecular complexity index is 394. The van der Waals surface area contributed by atoms with Crippen LogP contribution in [0.1, 0.15) is 0 Å². The Kier molecular flexibility index (Phi) is 2.99. The summed E-state index contributed by atoms with van der Waals surface area (Å²) in [6.45, 7) is 1.07. The number of hydrogen-bond acceptors (Lipinski definition) is 3.